The lowest BCUT2D eigenvalue weighted by molar-refractivity contribution is -0.387. The summed E-state index contributed by atoms with van der Waals surface area (Å²) >= 11 is 0. The molecule has 106 valence electrons. The number of hydrogen-bond acceptors (Lipinski definition) is 3. The number of benzene rings is 1. The first kappa shape index (κ1) is 15.4. The highest BCUT2D eigenvalue weighted by atomic mass is 19.1. The first-order chi connectivity index (χ1) is 9.15. The van der Waals surface area contributed by atoms with Crippen molar-refractivity contribution < 1.29 is 9.31 Å². The van der Waals surface area contributed by atoms with Gasteiger partial charge in [-0.15, -0.1) is 0 Å². The minimum Gasteiger partial charge on any atom is -0.385 e. The van der Waals surface area contributed by atoms with E-state index in [0.717, 1.165) is 19.4 Å². The van der Waals surface area contributed by atoms with Crippen LogP contribution in [0.1, 0.15) is 45.4 Å². The van der Waals surface area contributed by atoms with E-state index < -0.39 is 16.4 Å². The highest BCUT2D eigenvalue weighted by Crippen LogP contribution is 2.20. The van der Waals surface area contributed by atoms with Gasteiger partial charge in [-0.05, 0) is 12.5 Å². The molecule has 0 aliphatic rings. The van der Waals surface area contributed by atoms with Crippen molar-refractivity contribution in [3.05, 3.63) is 34.1 Å². The van der Waals surface area contributed by atoms with Gasteiger partial charge in [-0.25, -0.2) is 0 Å². The number of anilines is 1. The maximum absolute atomic E-state index is 13.3. The lowest BCUT2D eigenvalue weighted by Crippen LogP contribution is -2.02. The molecule has 1 aromatic carbocycles. The Hall–Kier alpha value is -1.65. The molecule has 0 atom stereocenters. The maximum atomic E-state index is 13.3. The zero-order valence-electron chi connectivity index (χ0n) is 11.3. The van der Waals surface area contributed by atoms with Crippen molar-refractivity contribution in [2.75, 3.05) is 11.9 Å². The molecule has 0 radical (unpaired) electrons. The summed E-state index contributed by atoms with van der Waals surface area (Å²) in [6.45, 7) is 2.95. The predicted octanol–water partition coefficient (Wildman–Crippen LogP) is 4.51. The average Bonchev–Trinajstić information content (AvgIpc) is 2.37. The lowest BCUT2D eigenvalue weighted by Gasteiger charge is -2.06. The molecule has 0 aliphatic carbocycles. The van der Waals surface area contributed by atoms with E-state index in [1.165, 1.54) is 43.9 Å². The Kier molecular flexibility index (Phi) is 6.85. The molecular formula is C14H21FN2O2. The fourth-order valence-corrected chi connectivity index (χ4v) is 1.90. The topological polar surface area (TPSA) is 55.2 Å². The second-order valence-electron chi connectivity index (χ2n) is 4.62. The smallest absolute Gasteiger partial charge is 0.304 e. The van der Waals surface area contributed by atoms with Gasteiger partial charge >= 0.3 is 5.69 Å². The van der Waals surface area contributed by atoms with Crippen LogP contribution in [0, 0.1) is 15.9 Å². The highest BCUT2D eigenvalue weighted by molar-refractivity contribution is 5.49. The minimum atomic E-state index is -0.794. The zero-order chi connectivity index (χ0) is 14.1. The Bertz CT molecular complexity index is 410. The molecule has 1 aromatic rings. The molecule has 0 saturated carbocycles. The summed E-state index contributed by atoms with van der Waals surface area (Å²) < 4.78 is 13.3. The van der Waals surface area contributed by atoms with Crippen LogP contribution in [-0.2, 0) is 0 Å². The van der Waals surface area contributed by atoms with Gasteiger partial charge in [0.15, 0.2) is 0 Å². The van der Waals surface area contributed by atoms with Crippen molar-refractivity contribution in [1.29, 1.82) is 0 Å². The molecular weight excluding hydrogens is 247 g/mol. The van der Waals surface area contributed by atoms with E-state index in [9.17, 15) is 14.5 Å². The Morgan fingerprint density at radius 2 is 1.89 bits per heavy atom. The van der Waals surface area contributed by atoms with Crippen molar-refractivity contribution in [1.82, 2.24) is 0 Å². The third kappa shape index (κ3) is 5.68. The summed E-state index contributed by atoms with van der Waals surface area (Å²) in [7, 11) is 0. The van der Waals surface area contributed by atoms with Crippen LogP contribution in [-0.4, -0.2) is 11.5 Å². The molecule has 19 heavy (non-hydrogen) atoms. The lowest BCUT2D eigenvalue weighted by atomic mass is 10.1. The molecule has 0 aromatic heterocycles. The van der Waals surface area contributed by atoms with E-state index in [1.807, 2.05) is 0 Å². The van der Waals surface area contributed by atoms with Gasteiger partial charge in [0, 0.05) is 24.4 Å². The van der Waals surface area contributed by atoms with Gasteiger partial charge in [0.25, 0.3) is 0 Å². The standard InChI is InChI=1S/C14H21FN2O2/c1-2-3-4-5-6-7-10-16-12-8-9-14(17(18)19)13(15)11-12/h8-9,11,16H,2-7,10H2,1H3. The molecule has 0 heterocycles. The van der Waals surface area contributed by atoms with Crippen molar-refractivity contribution in [2.24, 2.45) is 0 Å². The van der Waals surface area contributed by atoms with Gasteiger partial charge in [0.1, 0.15) is 0 Å². The van der Waals surface area contributed by atoms with E-state index >= 15 is 0 Å². The largest absolute Gasteiger partial charge is 0.385 e. The van der Waals surface area contributed by atoms with Gasteiger partial charge in [-0.3, -0.25) is 10.1 Å². The quantitative estimate of drug-likeness (QED) is 0.407. The molecule has 0 spiro atoms. The fourth-order valence-electron chi connectivity index (χ4n) is 1.90. The van der Waals surface area contributed by atoms with Crippen LogP contribution in [0.3, 0.4) is 0 Å². The number of nitro groups is 1. The fraction of sp³-hybridized carbons (Fsp3) is 0.571. The number of hydrogen-bond donors (Lipinski definition) is 1. The average molecular weight is 268 g/mol. The zero-order valence-corrected chi connectivity index (χ0v) is 11.3. The summed E-state index contributed by atoms with van der Waals surface area (Å²) in [6.07, 6.45) is 7.19. The summed E-state index contributed by atoms with van der Waals surface area (Å²) in [5.74, 6) is -0.794. The normalized spacial score (nSPS) is 10.4. The van der Waals surface area contributed by atoms with Crippen LogP contribution in [0.2, 0.25) is 0 Å². The number of rotatable bonds is 9. The highest BCUT2D eigenvalue weighted by Gasteiger charge is 2.13. The number of halogens is 1. The van der Waals surface area contributed by atoms with Crippen LogP contribution in [0.15, 0.2) is 18.2 Å². The third-order valence-corrected chi connectivity index (χ3v) is 3.00. The molecule has 4 nitrogen and oxygen atoms in total. The SMILES string of the molecule is CCCCCCCCNc1ccc([N+](=O)[O-])c(F)c1. The van der Waals surface area contributed by atoms with Crippen molar-refractivity contribution in [2.45, 2.75) is 45.4 Å². The van der Waals surface area contributed by atoms with Crippen molar-refractivity contribution >= 4 is 11.4 Å². The van der Waals surface area contributed by atoms with Gasteiger partial charge in [-0.2, -0.15) is 4.39 Å². The molecule has 1 N–H and O–H groups in total. The van der Waals surface area contributed by atoms with Crippen LogP contribution in [0.4, 0.5) is 15.8 Å². The Labute approximate surface area is 113 Å². The van der Waals surface area contributed by atoms with Crippen LogP contribution < -0.4 is 5.32 Å². The number of nitrogens with one attached hydrogen (secondary N) is 1. The van der Waals surface area contributed by atoms with E-state index in [1.54, 1.807) is 0 Å². The second-order valence-corrected chi connectivity index (χ2v) is 4.62. The monoisotopic (exact) mass is 268 g/mol. The molecule has 0 amide bonds. The third-order valence-electron chi connectivity index (χ3n) is 3.00. The van der Waals surface area contributed by atoms with Gasteiger partial charge < -0.3 is 5.32 Å². The first-order valence-electron chi connectivity index (χ1n) is 6.83. The number of unbranched alkanes of at least 4 members (excludes halogenated alkanes) is 5. The van der Waals surface area contributed by atoms with E-state index in [4.69, 9.17) is 0 Å². The first-order valence-corrected chi connectivity index (χ1v) is 6.83. The number of nitrogens with zero attached hydrogens (tertiary/aromatic N) is 1. The summed E-state index contributed by atoms with van der Waals surface area (Å²) in [6, 6.07) is 3.91. The summed E-state index contributed by atoms with van der Waals surface area (Å²) in [5.41, 5.74) is 0.113. The second kappa shape index (κ2) is 8.45. The van der Waals surface area contributed by atoms with Crippen LogP contribution in [0.5, 0.6) is 0 Å². The van der Waals surface area contributed by atoms with Gasteiger partial charge in [-0.1, -0.05) is 39.0 Å². The molecule has 0 fully saturated rings. The molecule has 0 aliphatic heterocycles. The number of nitro benzene ring substituents is 1. The van der Waals surface area contributed by atoms with Crippen molar-refractivity contribution in [3.8, 4) is 0 Å². The van der Waals surface area contributed by atoms with E-state index in [-0.39, 0.29) is 0 Å². The maximum Gasteiger partial charge on any atom is 0.304 e. The van der Waals surface area contributed by atoms with E-state index in [0.29, 0.717) is 5.69 Å². The van der Waals surface area contributed by atoms with Crippen LogP contribution >= 0.6 is 0 Å². The molecule has 1 rings (SSSR count). The minimum absolute atomic E-state index is 0.481. The van der Waals surface area contributed by atoms with Gasteiger partial charge in [0.05, 0.1) is 4.92 Å². The molecule has 0 saturated heterocycles. The molecule has 0 bridgehead atoms. The predicted molar refractivity (Wildman–Crippen MR) is 74.9 cm³/mol. The van der Waals surface area contributed by atoms with Gasteiger partial charge in [0.2, 0.25) is 5.82 Å². The Morgan fingerprint density at radius 3 is 2.53 bits per heavy atom. The van der Waals surface area contributed by atoms with E-state index in [2.05, 4.69) is 12.2 Å². The van der Waals surface area contributed by atoms with Crippen LogP contribution in [0.25, 0.3) is 0 Å². The van der Waals surface area contributed by atoms with Crippen molar-refractivity contribution in [3.63, 3.8) is 0 Å². The Balaban J connectivity index is 2.26. The Morgan fingerprint density at radius 1 is 1.21 bits per heavy atom. The summed E-state index contributed by atoms with van der Waals surface area (Å²) in [4.78, 5) is 9.75. The molecule has 0 unspecified atom stereocenters. The summed E-state index contributed by atoms with van der Waals surface area (Å²) in [5, 5.41) is 13.5. The molecule has 5 heteroatoms.